The molecule has 0 aliphatic carbocycles. The van der Waals surface area contributed by atoms with Gasteiger partial charge in [0.05, 0.1) is 25.4 Å². The Kier molecular flexibility index (Phi) is 4.67. The van der Waals surface area contributed by atoms with Crippen molar-refractivity contribution < 1.29 is 9.13 Å². The number of benzene rings is 1. The minimum absolute atomic E-state index is 0.231. The van der Waals surface area contributed by atoms with Gasteiger partial charge in [0.1, 0.15) is 11.7 Å². The lowest BCUT2D eigenvalue weighted by Gasteiger charge is -2.26. The third-order valence-corrected chi connectivity index (χ3v) is 3.76. The summed E-state index contributed by atoms with van der Waals surface area (Å²) in [6, 6.07) is 5.22. The summed E-state index contributed by atoms with van der Waals surface area (Å²) in [7, 11) is 0. The van der Waals surface area contributed by atoms with Crippen LogP contribution in [0.25, 0.3) is 0 Å². The number of hydrogen-bond donors (Lipinski definition) is 2. The van der Waals surface area contributed by atoms with Gasteiger partial charge in [-0.25, -0.2) is 4.39 Å². The highest BCUT2D eigenvalue weighted by Gasteiger charge is 2.12. The quantitative estimate of drug-likeness (QED) is 0.847. The van der Waals surface area contributed by atoms with Crippen molar-refractivity contribution in [2.45, 2.75) is 0 Å². The Morgan fingerprint density at radius 1 is 1.33 bits per heavy atom. The summed E-state index contributed by atoms with van der Waals surface area (Å²) in [5.41, 5.74) is 1.36. The fourth-order valence-electron chi connectivity index (χ4n) is 2.57. The average Bonchev–Trinajstić information content (AvgIpc) is 3.04. The molecular formula is C15H21FN4O. The lowest BCUT2D eigenvalue weighted by atomic mass is 10.2. The molecule has 2 aliphatic rings. The van der Waals surface area contributed by atoms with Crippen LogP contribution in [-0.2, 0) is 4.74 Å². The van der Waals surface area contributed by atoms with Crippen LogP contribution in [0.3, 0.4) is 0 Å². The van der Waals surface area contributed by atoms with Crippen LogP contribution in [0.15, 0.2) is 23.2 Å². The first kappa shape index (κ1) is 14.3. The Hall–Kier alpha value is -1.66. The summed E-state index contributed by atoms with van der Waals surface area (Å²) in [4.78, 5) is 6.62. The van der Waals surface area contributed by atoms with E-state index in [1.807, 2.05) is 6.07 Å². The van der Waals surface area contributed by atoms with E-state index in [4.69, 9.17) is 4.74 Å². The van der Waals surface area contributed by atoms with E-state index in [1.165, 1.54) is 6.07 Å². The van der Waals surface area contributed by atoms with E-state index in [0.29, 0.717) is 5.69 Å². The summed E-state index contributed by atoms with van der Waals surface area (Å²) in [6.07, 6.45) is 0. The topological polar surface area (TPSA) is 48.9 Å². The third kappa shape index (κ3) is 3.71. The second kappa shape index (κ2) is 6.87. The lowest BCUT2D eigenvalue weighted by molar-refractivity contribution is 0.0398. The molecule has 21 heavy (non-hydrogen) atoms. The van der Waals surface area contributed by atoms with Gasteiger partial charge in [0.25, 0.3) is 0 Å². The molecule has 2 aliphatic heterocycles. The lowest BCUT2D eigenvalue weighted by Crippen LogP contribution is -2.39. The highest BCUT2D eigenvalue weighted by Crippen LogP contribution is 2.16. The fourth-order valence-corrected chi connectivity index (χ4v) is 2.57. The molecule has 0 unspecified atom stereocenters. The van der Waals surface area contributed by atoms with Crippen molar-refractivity contribution in [3.05, 3.63) is 29.6 Å². The molecule has 0 bridgehead atoms. The SMILES string of the molecule is Fc1cc(C2=NCCN2)ccc1NCCN1CCOCC1. The Labute approximate surface area is 124 Å². The maximum atomic E-state index is 14.1. The molecule has 0 aromatic heterocycles. The first-order valence-corrected chi connectivity index (χ1v) is 7.45. The summed E-state index contributed by atoms with van der Waals surface area (Å²) < 4.78 is 19.4. The van der Waals surface area contributed by atoms with Crippen molar-refractivity contribution in [2.75, 3.05) is 57.8 Å². The number of aliphatic imine (C=N–C) groups is 1. The molecule has 5 nitrogen and oxygen atoms in total. The maximum Gasteiger partial charge on any atom is 0.147 e. The summed E-state index contributed by atoms with van der Waals surface area (Å²) in [5.74, 6) is 0.555. The van der Waals surface area contributed by atoms with E-state index in [9.17, 15) is 4.39 Å². The number of hydrogen-bond acceptors (Lipinski definition) is 5. The molecule has 1 fully saturated rings. The molecule has 1 aromatic carbocycles. The number of nitrogens with one attached hydrogen (secondary N) is 2. The number of anilines is 1. The summed E-state index contributed by atoms with van der Waals surface area (Å²) in [5, 5.41) is 6.31. The van der Waals surface area contributed by atoms with Gasteiger partial charge in [-0.3, -0.25) is 9.89 Å². The zero-order valence-electron chi connectivity index (χ0n) is 12.1. The zero-order valence-corrected chi connectivity index (χ0v) is 12.1. The standard InChI is InChI=1S/C15H21FN4O/c16-13-11-12(15-18-3-4-19-15)1-2-14(13)17-5-6-20-7-9-21-10-8-20/h1-2,11,17H,3-10H2,(H,18,19). The molecule has 0 saturated carbocycles. The van der Waals surface area contributed by atoms with Crippen LogP contribution in [0.2, 0.25) is 0 Å². The molecular weight excluding hydrogens is 271 g/mol. The van der Waals surface area contributed by atoms with Gasteiger partial charge < -0.3 is 15.4 Å². The Balaban J connectivity index is 1.53. The van der Waals surface area contributed by atoms with Crippen LogP contribution in [0.1, 0.15) is 5.56 Å². The van der Waals surface area contributed by atoms with Crippen molar-refractivity contribution in [1.82, 2.24) is 10.2 Å². The minimum Gasteiger partial charge on any atom is -0.381 e. The first-order chi connectivity index (χ1) is 10.3. The van der Waals surface area contributed by atoms with Gasteiger partial charge in [-0.1, -0.05) is 0 Å². The van der Waals surface area contributed by atoms with Gasteiger partial charge in [0.2, 0.25) is 0 Å². The highest BCUT2D eigenvalue weighted by atomic mass is 19.1. The van der Waals surface area contributed by atoms with Crippen molar-refractivity contribution in [3.8, 4) is 0 Å². The molecule has 6 heteroatoms. The van der Waals surface area contributed by atoms with Gasteiger partial charge in [0, 0.05) is 38.3 Å². The maximum absolute atomic E-state index is 14.1. The molecule has 3 rings (SSSR count). The van der Waals surface area contributed by atoms with Crippen LogP contribution in [0, 0.1) is 5.82 Å². The van der Waals surface area contributed by atoms with Gasteiger partial charge in [-0.15, -0.1) is 0 Å². The molecule has 0 amide bonds. The van der Waals surface area contributed by atoms with Crippen LogP contribution in [0.4, 0.5) is 10.1 Å². The molecule has 0 radical (unpaired) electrons. The smallest absolute Gasteiger partial charge is 0.147 e. The Morgan fingerprint density at radius 2 is 2.19 bits per heavy atom. The van der Waals surface area contributed by atoms with Gasteiger partial charge >= 0.3 is 0 Å². The number of halogens is 1. The number of ether oxygens (including phenoxy) is 1. The first-order valence-electron chi connectivity index (χ1n) is 7.45. The Morgan fingerprint density at radius 3 is 2.90 bits per heavy atom. The van der Waals surface area contributed by atoms with Crippen molar-refractivity contribution >= 4 is 11.5 Å². The second-order valence-electron chi connectivity index (χ2n) is 5.23. The predicted octanol–water partition coefficient (Wildman–Crippen LogP) is 0.920. The van der Waals surface area contributed by atoms with Gasteiger partial charge in [0.15, 0.2) is 0 Å². The number of rotatable bonds is 5. The summed E-state index contributed by atoms with van der Waals surface area (Å²) >= 11 is 0. The summed E-state index contributed by atoms with van der Waals surface area (Å²) in [6.45, 7) is 6.71. The van der Waals surface area contributed by atoms with Crippen LogP contribution in [-0.4, -0.2) is 63.2 Å². The van der Waals surface area contributed by atoms with Crippen LogP contribution in [0.5, 0.6) is 0 Å². The molecule has 2 N–H and O–H groups in total. The van der Waals surface area contributed by atoms with E-state index in [1.54, 1.807) is 6.07 Å². The van der Waals surface area contributed by atoms with E-state index in [-0.39, 0.29) is 5.82 Å². The highest BCUT2D eigenvalue weighted by molar-refractivity contribution is 6.00. The average molecular weight is 292 g/mol. The largest absolute Gasteiger partial charge is 0.381 e. The van der Waals surface area contributed by atoms with Crippen LogP contribution < -0.4 is 10.6 Å². The van der Waals surface area contributed by atoms with Crippen LogP contribution >= 0.6 is 0 Å². The Bertz CT molecular complexity index is 514. The zero-order chi connectivity index (χ0) is 14.5. The monoisotopic (exact) mass is 292 g/mol. The fraction of sp³-hybridized carbons (Fsp3) is 0.533. The van der Waals surface area contributed by atoms with E-state index >= 15 is 0 Å². The number of amidine groups is 1. The predicted molar refractivity (Wildman–Crippen MR) is 81.6 cm³/mol. The molecule has 1 saturated heterocycles. The van der Waals surface area contributed by atoms with E-state index in [2.05, 4.69) is 20.5 Å². The molecule has 2 heterocycles. The van der Waals surface area contributed by atoms with Crippen molar-refractivity contribution in [1.29, 1.82) is 0 Å². The minimum atomic E-state index is -0.231. The second-order valence-corrected chi connectivity index (χ2v) is 5.23. The van der Waals surface area contributed by atoms with Crippen molar-refractivity contribution in [2.24, 2.45) is 4.99 Å². The molecule has 1 aromatic rings. The number of nitrogens with zero attached hydrogens (tertiary/aromatic N) is 2. The van der Waals surface area contributed by atoms with E-state index in [0.717, 1.165) is 63.9 Å². The van der Waals surface area contributed by atoms with Gasteiger partial charge in [-0.2, -0.15) is 0 Å². The number of morpholine rings is 1. The van der Waals surface area contributed by atoms with E-state index < -0.39 is 0 Å². The molecule has 0 spiro atoms. The third-order valence-electron chi connectivity index (χ3n) is 3.76. The van der Waals surface area contributed by atoms with Crippen molar-refractivity contribution in [3.63, 3.8) is 0 Å². The van der Waals surface area contributed by atoms with Gasteiger partial charge in [-0.05, 0) is 18.2 Å². The molecule has 114 valence electrons. The molecule has 0 atom stereocenters. The normalized spacial score (nSPS) is 19.2.